The van der Waals surface area contributed by atoms with Gasteiger partial charge in [-0.15, -0.1) is 0 Å². The summed E-state index contributed by atoms with van der Waals surface area (Å²) in [5.74, 6) is 1.40. The molecular formula is C14H17ClN4O2S. The molecule has 2 rings (SSSR count). The summed E-state index contributed by atoms with van der Waals surface area (Å²) in [6, 6.07) is 5.46. The summed E-state index contributed by atoms with van der Waals surface area (Å²) < 4.78 is 12.2. The predicted octanol–water partition coefficient (Wildman–Crippen LogP) is 2.54. The molecule has 0 saturated carbocycles. The van der Waals surface area contributed by atoms with Gasteiger partial charge in [0.05, 0.1) is 37.7 Å². The summed E-state index contributed by atoms with van der Waals surface area (Å²) in [5, 5.41) is 11.4. The topological polar surface area (TPSA) is 60.3 Å². The maximum Gasteiger partial charge on any atom is 0.170 e. The number of methoxy groups -OCH3 is 2. The molecule has 0 unspecified atom stereocenters. The van der Waals surface area contributed by atoms with Crippen molar-refractivity contribution in [1.82, 2.24) is 15.1 Å². The van der Waals surface area contributed by atoms with Crippen LogP contribution in [0.15, 0.2) is 30.6 Å². The van der Waals surface area contributed by atoms with Gasteiger partial charge >= 0.3 is 0 Å². The smallest absolute Gasteiger partial charge is 0.170 e. The highest BCUT2D eigenvalue weighted by Gasteiger charge is 2.06. The maximum absolute atomic E-state index is 5.80. The Morgan fingerprint density at radius 3 is 2.82 bits per heavy atom. The highest BCUT2D eigenvalue weighted by Crippen LogP contribution is 2.28. The maximum atomic E-state index is 5.80. The van der Waals surface area contributed by atoms with E-state index in [2.05, 4.69) is 15.7 Å². The number of anilines is 1. The number of rotatable bonds is 6. The molecule has 1 aromatic heterocycles. The van der Waals surface area contributed by atoms with Crippen molar-refractivity contribution in [3.05, 3.63) is 35.6 Å². The van der Waals surface area contributed by atoms with E-state index in [1.807, 2.05) is 18.2 Å². The molecule has 0 spiro atoms. The minimum atomic E-state index is 0.491. The summed E-state index contributed by atoms with van der Waals surface area (Å²) in [7, 11) is 3.21. The molecule has 1 heterocycles. The molecule has 0 fully saturated rings. The SMILES string of the molecule is COc1ccc(OC)c(NC(=S)NCCn2cc(Cl)cn2)c1. The number of ether oxygens (including phenoxy) is 2. The molecule has 118 valence electrons. The lowest BCUT2D eigenvalue weighted by Gasteiger charge is -2.14. The van der Waals surface area contributed by atoms with Gasteiger partial charge in [0.1, 0.15) is 11.5 Å². The molecule has 22 heavy (non-hydrogen) atoms. The fourth-order valence-electron chi connectivity index (χ4n) is 1.82. The number of nitrogens with zero attached hydrogens (tertiary/aromatic N) is 2. The number of hydrogen-bond donors (Lipinski definition) is 2. The van der Waals surface area contributed by atoms with Crippen LogP contribution in [0.25, 0.3) is 0 Å². The molecule has 0 amide bonds. The highest BCUT2D eigenvalue weighted by molar-refractivity contribution is 7.80. The van der Waals surface area contributed by atoms with Crippen molar-refractivity contribution in [2.24, 2.45) is 0 Å². The van der Waals surface area contributed by atoms with Crippen LogP contribution in [0.5, 0.6) is 11.5 Å². The van der Waals surface area contributed by atoms with Crippen LogP contribution in [0.2, 0.25) is 5.02 Å². The second kappa shape index (κ2) is 7.86. The van der Waals surface area contributed by atoms with Crippen LogP contribution in [0.3, 0.4) is 0 Å². The zero-order valence-corrected chi connectivity index (χ0v) is 13.9. The Hall–Kier alpha value is -1.99. The van der Waals surface area contributed by atoms with Crippen molar-refractivity contribution in [3.8, 4) is 11.5 Å². The van der Waals surface area contributed by atoms with Gasteiger partial charge in [-0.2, -0.15) is 5.10 Å². The van der Waals surface area contributed by atoms with E-state index < -0.39 is 0 Å². The molecule has 0 aliphatic heterocycles. The molecule has 6 nitrogen and oxygen atoms in total. The van der Waals surface area contributed by atoms with Crippen molar-refractivity contribution < 1.29 is 9.47 Å². The van der Waals surface area contributed by atoms with Crippen LogP contribution in [0.1, 0.15) is 0 Å². The van der Waals surface area contributed by atoms with E-state index in [1.165, 1.54) is 0 Å². The van der Waals surface area contributed by atoms with E-state index in [9.17, 15) is 0 Å². The van der Waals surface area contributed by atoms with Gasteiger partial charge in [0.25, 0.3) is 0 Å². The minimum Gasteiger partial charge on any atom is -0.497 e. The number of nitrogens with one attached hydrogen (secondary N) is 2. The molecule has 0 atom stereocenters. The summed E-state index contributed by atoms with van der Waals surface area (Å²) in [4.78, 5) is 0. The Morgan fingerprint density at radius 1 is 1.36 bits per heavy atom. The Morgan fingerprint density at radius 2 is 2.18 bits per heavy atom. The fraction of sp³-hybridized carbons (Fsp3) is 0.286. The zero-order valence-electron chi connectivity index (χ0n) is 12.3. The lowest BCUT2D eigenvalue weighted by atomic mass is 10.2. The van der Waals surface area contributed by atoms with Gasteiger partial charge in [-0.25, -0.2) is 0 Å². The average Bonchev–Trinajstić information content (AvgIpc) is 2.92. The van der Waals surface area contributed by atoms with E-state index in [1.54, 1.807) is 31.3 Å². The third-order valence-corrected chi connectivity index (χ3v) is 3.32. The number of thiocarbonyl (C=S) groups is 1. The first kappa shape index (κ1) is 16.4. The number of benzene rings is 1. The van der Waals surface area contributed by atoms with Crippen LogP contribution in [0, 0.1) is 0 Å². The first-order valence-corrected chi connectivity index (χ1v) is 7.36. The minimum absolute atomic E-state index is 0.491. The number of hydrogen-bond acceptors (Lipinski definition) is 4. The predicted molar refractivity (Wildman–Crippen MR) is 91.0 cm³/mol. The third kappa shape index (κ3) is 4.51. The number of aromatic nitrogens is 2. The van der Waals surface area contributed by atoms with Crippen LogP contribution in [-0.4, -0.2) is 35.7 Å². The second-order valence-corrected chi connectivity index (χ2v) is 5.21. The standard InChI is InChI=1S/C14H17ClN4O2S/c1-20-11-3-4-13(21-2)12(7-11)18-14(22)16-5-6-19-9-10(15)8-17-19/h3-4,7-9H,5-6H2,1-2H3,(H2,16,18,22). The lowest BCUT2D eigenvalue weighted by molar-refractivity contribution is 0.405. The molecule has 2 N–H and O–H groups in total. The number of halogens is 1. The summed E-state index contributed by atoms with van der Waals surface area (Å²) in [6.45, 7) is 1.28. The van der Waals surface area contributed by atoms with Gasteiger partial charge in [0, 0.05) is 18.8 Å². The lowest BCUT2D eigenvalue weighted by Crippen LogP contribution is -2.31. The van der Waals surface area contributed by atoms with Crippen molar-refractivity contribution >= 4 is 34.6 Å². The average molecular weight is 341 g/mol. The third-order valence-electron chi connectivity index (χ3n) is 2.88. The fourth-order valence-corrected chi connectivity index (χ4v) is 2.19. The van der Waals surface area contributed by atoms with Crippen molar-refractivity contribution in [2.45, 2.75) is 6.54 Å². The monoisotopic (exact) mass is 340 g/mol. The van der Waals surface area contributed by atoms with Gasteiger partial charge in [-0.3, -0.25) is 4.68 Å². The largest absolute Gasteiger partial charge is 0.497 e. The molecule has 8 heteroatoms. The first-order chi connectivity index (χ1) is 10.6. The van der Waals surface area contributed by atoms with Gasteiger partial charge in [0.15, 0.2) is 5.11 Å². The quantitative estimate of drug-likeness (QED) is 0.788. The van der Waals surface area contributed by atoms with E-state index in [0.29, 0.717) is 29.0 Å². The van der Waals surface area contributed by atoms with Crippen LogP contribution in [0.4, 0.5) is 5.69 Å². The van der Waals surface area contributed by atoms with Gasteiger partial charge in [-0.05, 0) is 24.4 Å². The zero-order chi connectivity index (χ0) is 15.9. The first-order valence-electron chi connectivity index (χ1n) is 6.57. The Bertz CT molecular complexity index is 648. The van der Waals surface area contributed by atoms with Gasteiger partial charge in [0.2, 0.25) is 0 Å². The van der Waals surface area contributed by atoms with E-state index >= 15 is 0 Å². The second-order valence-electron chi connectivity index (χ2n) is 4.37. The molecule has 0 saturated heterocycles. The molecular weight excluding hydrogens is 324 g/mol. The molecule has 2 aromatic rings. The van der Waals surface area contributed by atoms with Gasteiger partial charge < -0.3 is 20.1 Å². The normalized spacial score (nSPS) is 10.1. The summed E-state index contributed by atoms with van der Waals surface area (Å²) in [5.41, 5.74) is 0.737. The molecule has 0 aliphatic rings. The molecule has 0 aliphatic carbocycles. The van der Waals surface area contributed by atoms with E-state index in [-0.39, 0.29) is 0 Å². The van der Waals surface area contributed by atoms with Crippen LogP contribution < -0.4 is 20.1 Å². The Balaban J connectivity index is 1.88. The Kier molecular flexibility index (Phi) is 5.85. The highest BCUT2D eigenvalue weighted by atomic mass is 35.5. The van der Waals surface area contributed by atoms with Crippen LogP contribution in [-0.2, 0) is 6.54 Å². The van der Waals surface area contributed by atoms with Crippen LogP contribution >= 0.6 is 23.8 Å². The molecule has 0 radical (unpaired) electrons. The van der Waals surface area contributed by atoms with Crippen molar-refractivity contribution in [3.63, 3.8) is 0 Å². The van der Waals surface area contributed by atoms with Gasteiger partial charge in [-0.1, -0.05) is 11.6 Å². The summed E-state index contributed by atoms with van der Waals surface area (Å²) >= 11 is 11.1. The summed E-state index contributed by atoms with van der Waals surface area (Å²) in [6.07, 6.45) is 3.35. The molecule has 1 aromatic carbocycles. The molecule has 0 bridgehead atoms. The van der Waals surface area contributed by atoms with Crippen molar-refractivity contribution in [1.29, 1.82) is 0 Å². The van der Waals surface area contributed by atoms with Crippen molar-refractivity contribution in [2.75, 3.05) is 26.1 Å². The Labute approximate surface area is 139 Å². The van der Waals surface area contributed by atoms with E-state index in [4.69, 9.17) is 33.3 Å². The van der Waals surface area contributed by atoms with E-state index in [0.717, 1.165) is 11.4 Å².